The summed E-state index contributed by atoms with van der Waals surface area (Å²) in [5, 5.41) is 6.81. The molecule has 2 heterocycles. The predicted molar refractivity (Wildman–Crippen MR) is 97.6 cm³/mol. The van der Waals surface area contributed by atoms with Crippen molar-refractivity contribution in [1.29, 1.82) is 0 Å². The van der Waals surface area contributed by atoms with Gasteiger partial charge in [0.25, 0.3) is 0 Å². The molecule has 0 radical (unpaired) electrons. The van der Waals surface area contributed by atoms with Crippen molar-refractivity contribution in [1.82, 2.24) is 15.5 Å². The van der Waals surface area contributed by atoms with Gasteiger partial charge in [-0.3, -0.25) is 9.89 Å². The van der Waals surface area contributed by atoms with Crippen LogP contribution in [-0.2, 0) is 4.74 Å². The summed E-state index contributed by atoms with van der Waals surface area (Å²) in [5.41, 5.74) is 1.19. The third kappa shape index (κ3) is 4.35. The number of benzene rings is 1. The zero-order valence-electron chi connectivity index (χ0n) is 15.2. The number of ether oxygens (including phenoxy) is 3. The molecule has 25 heavy (non-hydrogen) atoms. The van der Waals surface area contributed by atoms with E-state index in [0.29, 0.717) is 6.04 Å². The molecule has 1 fully saturated rings. The molecule has 1 aromatic rings. The van der Waals surface area contributed by atoms with Crippen molar-refractivity contribution in [3.63, 3.8) is 0 Å². The van der Waals surface area contributed by atoms with E-state index in [2.05, 4.69) is 39.6 Å². The number of guanidine groups is 1. The van der Waals surface area contributed by atoms with Crippen LogP contribution in [0, 0.1) is 0 Å². The molecule has 138 valence electrons. The van der Waals surface area contributed by atoms with E-state index in [1.54, 1.807) is 14.2 Å². The van der Waals surface area contributed by atoms with Gasteiger partial charge in [0.15, 0.2) is 17.5 Å². The van der Waals surface area contributed by atoms with Gasteiger partial charge in [-0.1, -0.05) is 6.07 Å². The van der Waals surface area contributed by atoms with E-state index in [1.165, 1.54) is 5.56 Å². The summed E-state index contributed by atoms with van der Waals surface area (Å²) in [5.74, 6) is 2.38. The monoisotopic (exact) mass is 348 g/mol. The van der Waals surface area contributed by atoms with Crippen molar-refractivity contribution in [2.45, 2.75) is 19.0 Å². The highest BCUT2D eigenvalue weighted by Gasteiger charge is 2.24. The van der Waals surface area contributed by atoms with Gasteiger partial charge in [-0.05, 0) is 24.6 Å². The van der Waals surface area contributed by atoms with E-state index in [4.69, 9.17) is 14.2 Å². The first kappa shape index (κ1) is 17.8. The molecule has 2 unspecified atom stereocenters. The topological polar surface area (TPSA) is 67.4 Å². The molecule has 0 amide bonds. The van der Waals surface area contributed by atoms with Crippen molar-refractivity contribution in [2.75, 3.05) is 53.6 Å². The zero-order chi connectivity index (χ0) is 17.6. The Balaban J connectivity index is 1.77. The van der Waals surface area contributed by atoms with Crippen LogP contribution in [0.3, 0.4) is 0 Å². The lowest BCUT2D eigenvalue weighted by atomic mass is 10.0. The number of hydrogen-bond donors (Lipinski definition) is 2. The quantitative estimate of drug-likeness (QED) is 0.800. The van der Waals surface area contributed by atoms with Crippen LogP contribution < -0.4 is 20.1 Å². The van der Waals surface area contributed by atoms with Crippen LogP contribution in [-0.4, -0.2) is 70.5 Å². The maximum absolute atomic E-state index is 5.52. The lowest BCUT2D eigenvalue weighted by Crippen LogP contribution is -2.46. The number of nitrogens with one attached hydrogen (secondary N) is 2. The molecule has 0 aromatic heterocycles. The smallest absolute Gasteiger partial charge is 0.191 e. The highest BCUT2D eigenvalue weighted by atomic mass is 16.5. The summed E-state index contributed by atoms with van der Waals surface area (Å²) in [7, 11) is 3.33. The van der Waals surface area contributed by atoms with E-state index in [9.17, 15) is 0 Å². The number of nitrogens with zero attached hydrogens (tertiary/aromatic N) is 2. The molecule has 3 rings (SSSR count). The van der Waals surface area contributed by atoms with Gasteiger partial charge >= 0.3 is 0 Å². The summed E-state index contributed by atoms with van der Waals surface area (Å²) >= 11 is 0. The Bertz CT molecular complexity index is 602. The molecule has 0 spiro atoms. The minimum Gasteiger partial charge on any atom is -0.493 e. The number of morpholine rings is 1. The summed E-state index contributed by atoms with van der Waals surface area (Å²) in [6.45, 7) is 7.08. The van der Waals surface area contributed by atoms with Crippen LogP contribution in [0.1, 0.15) is 18.5 Å². The van der Waals surface area contributed by atoms with Gasteiger partial charge in [0.1, 0.15) is 0 Å². The largest absolute Gasteiger partial charge is 0.493 e. The Morgan fingerprint density at radius 3 is 2.68 bits per heavy atom. The summed E-state index contributed by atoms with van der Waals surface area (Å²) < 4.78 is 16.4. The Labute approximate surface area is 149 Å². The maximum atomic E-state index is 5.52. The van der Waals surface area contributed by atoms with Crippen molar-refractivity contribution in [3.05, 3.63) is 23.8 Å². The molecule has 7 heteroatoms. The molecule has 7 nitrogen and oxygen atoms in total. The number of methoxy groups -OCH3 is 2. The molecular formula is C18H28N4O3. The van der Waals surface area contributed by atoms with Gasteiger partial charge in [0.2, 0.25) is 0 Å². The number of rotatable bonds is 6. The fourth-order valence-electron chi connectivity index (χ4n) is 3.26. The van der Waals surface area contributed by atoms with E-state index >= 15 is 0 Å². The van der Waals surface area contributed by atoms with Crippen molar-refractivity contribution >= 4 is 5.96 Å². The summed E-state index contributed by atoms with van der Waals surface area (Å²) in [6.07, 6.45) is 0. The first-order valence-corrected chi connectivity index (χ1v) is 8.80. The van der Waals surface area contributed by atoms with Gasteiger partial charge in [0.05, 0.1) is 40.0 Å². The molecule has 2 atom stereocenters. The average Bonchev–Trinajstić information content (AvgIpc) is 3.07. The highest BCUT2D eigenvalue weighted by molar-refractivity contribution is 5.81. The lowest BCUT2D eigenvalue weighted by Gasteiger charge is -2.35. The first-order chi connectivity index (χ1) is 12.2. The zero-order valence-corrected chi connectivity index (χ0v) is 15.2. The minimum atomic E-state index is 0.212. The van der Waals surface area contributed by atoms with Crippen LogP contribution >= 0.6 is 0 Å². The summed E-state index contributed by atoms with van der Waals surface area (Å²) in [4.78, 5) is 6.94. The maximum Gasteiger partial charge on any atom is 0.191 e. The first-order valence-electron chi connectivity index (χ1n) is 8.80. The van der Waals surface area contributed by atoms with Crippen molar-refractivity contribution < 1.29 is 14.2 Å². The molecular weight excluding hydrogens is 320 g/mol. The van der Waals surface area contributed by atoms with Crippen molar-refractivity contribution in [2.24, 2.45) is 4.99 Å². The lowest BCUT2D eigenvalue weighted by molar-refractivity contribution is 0.0169. The van der Waals surface area contributed by atoms with Gasteiger partial charge in [-0.15, -0.1) is 0 Å². The fraction of sp³-hybridized carbons (Fsp3) is 0.611. The van der Waals surface area contributed by atoms with Crippen LogP contribution in [0.5, 0.6) is 11.5 Å². The molecule has 2 N–H and O–H groups in total. The molecule has 1 aromatic carbocycles. The molecule has 0 bridgehead atoms. The Kier molecular flexibility index (Phi) is 5.99. The van der Waals surface area contributed by atoms with E-state index in [0.717, 1.165) is 56.9 Å². The normalized spacial score (nSPS) is 22.0. The van der Waals surface area contributed by atoms with Crippen LogP contribution in [0.4, 0.5) is 0 Å². The predicted octanol–water partition coefficient (Wildman–Crippen LogP) is 1.01. The van der Waals surface area contributed by atoms with E-state index < -0.39 is 0 Å². The standard InChI is InChI=1S/C18H28N4O3/c1-13-11-19-18(21-13)20-12-15(22-6-8-25-9-7-22)14-4-5-16(23-2)17(10-14)24-3/h4-5,10,13,15H,6-9,11-12H2,1-3H3,(H2,19,20,21). The minimum absolute atomic E-state index is 0.212. The van der Waals surface area contributed by atoms with Gasteiger partial charge < -0.3 is 24.8 Å². The second-order valence-corrected chi connectivity index (χ2v) is 6.39. The summed E-state index contributed by atoms with van der Waals surface area (Å²) in [6, 6.07) is 6.74. The molecule has 2 aliphatic heterocycles. The van der Waals surface area contributed by atoms with Crippen molar-refractivity contribution in [3.8, 4) is 11.5 Å². The SMILES string of the molecule is COc1ccc(C(CNC2=NCC(C)N2)N2CCOCC2)cc1OC. The molecule has 2 aliphatic rings. The van der Waals surface area contributed by atoms with E-state index in [1.807, 2.05) is 6.07 Å². The highest BCUT2D eigenvalue weighted by Crippen LogP contribution is 2.32. The van der Waals surface area contributed by atoms with Gasteiger partial charge in [-0.25, -0.2) is 0 Å². The second-order valence-electron chi connectivity index (χ2n) is 6.39. The Morgan fingerprint density at radius 2 is 2.04 bits per heavy atom. The average molecular weight is 348 g/mol. The molecule has 1 saturated heterocycles. The van der Waals surface area contributed by atoms with Gasteiger partial charge in [-0.2, -0.15) is 0 Å². The Morgan fingerprint density at radius 1 is 1.28 bits per heavy atom. The Hall–Kier alpha value is -1.99. The number of aliphatic imine (C=N–C) groups is 1. The molecule has 0 aliphatic carbocycles. The third-order valence-electron chi connectivity index (χ3n) is 4.65. The van der Waals surface area contributed by atoms with Crippen LogP contribution in [0.25, 0.3) is 0 Å². The fourth-order valence-corrected chi connectivity index (χ4v) is 3.26. The third-order valence-corrected chi connectivity index (χ3v) is 4.65. The van der Waals surface area contributed by atoms with E-state index in [-0.39, 0.29) is 6.04 Å². The number of hydrogen-bond acceptors (Lipinski definition) is 7. The van der Waals surface area contributed by atoms with Gasteiger partial charge in [0, 0.05) is 25.7 Å². The van der Waals surface area contributed by atoms with Crippen LogP contribution in [0.15, 0.2) is 23.2 Å². The molecule has 0 saturated carbocycles. The van der Waals surface area contributed by atoms with Crippen LogP contribution in [0.2, 0.25) is 0 Å². The second kappa shape index (κ2) is 8.40.